The van der Waals surface area contributed by atoms with E-state index >= 15 is 0 Å². The van der Waals surface area contributed by atoms with E-state index < -0.39 is 11.7 Å². The van der Waals surface area contributed by atoms with Crippen molar-refractivity contribution >= 4 is 34.4 Å². The number of thiazole rings is 1. The van der Waals surface area contributed by atoms with Crippen molar-refractivity contribution in [1.29, 1.82) is 0 Å². The number of rotatable bonds is 6. The molecule has 1 aliphatic rings. The van der Waals surface area contributed by atoms with E-state index in [9.17, 15) is 14.4 Å². The Hall–Kier alpha value is -2.94. The first-order valence-electron chi connectivity index (χ1n) is 10.8. The molecule has 1 aromatic heterocycles. The van der Waals surface area contributed by atoms with E-state index in [2.05, 4.69) is 15.6 Å². The maximum Gasteiger partial charge on any atom is 0.407 e. The lowest BCUT2D eigenvalue weighted by molar-refractivity contribution is -0.134. The average Bonchev–Trinajstić information content (AvgIpc) is 3.18. The molecule has 2 heterocycles. The minimum atomic E-state index is -0.565. The van der Waals surface area contributed by atoms with Crippen molar-refractivity contribution in [1.82, 2.24) is 15.2 Å². The van der Waals surface area contributed by atoms with Crippen LogP contribution >= 0.6 is 11.3 Å². The maximum absolute atomic E-state index is 13.0. The zero-order chi connectivity index (χ0) is 23.1. The maximum atomic E-state index is 13.0. The summed E-state index contributed by atoms with van der Waals surface area (Å²) in [6.07, 6.45) is 2.45. The lowest BCUT2D eigenvalue weighted by Gasteiger charge is -2.36. The molecule has 2 N–H and O–H groups in total. The highest BCUT2D eigenvalue weighted by Crippen LogP contribution is 2.21. The third kappa shape index (κ3) is 7.05. The number of carbonyl (C=O) groups is 3. The normalized spacial score (nSPS) is 16.3. The number of nitrogens with zero attached hydrogens (tertiary/aromatic N) is 2. The Kier molecular flexibility index (Phi) is 7.84. The van der Waals surface area contributed by atoms with Crippen LogP contribution in [0.1, 0.15) is 56.1 Å². The largest absolute Gasteiger partial charge is 0.444 e. The zero-order valence-corrected chi connectivity index (χ0v) is 19.5. The Bertz CT molecular complexity index is 939. The summed E-state index contributed by atoms with van der Waals surface area (Å²) in [6, 6.07) is 8.84. The van der Waals surface area contributed by atoms with Crippen LogP contribution in [0.4, 0.5) is 9.93 Å². The number of amides is 3. The summed E-state index contributed by atoms with van der Waals surface area (Å²) in [6.45, 7) is 6.45. The number of hydrogen-bond acceptors (Lipinski definition) is 6. The van der Waals surface area contributed by atoms with Crippen molar-refractivity contribution in [2.45, 2.75) is 58.1 Å². The van der Waals surface area contributed by atoms with Crippen LogP contribution in [0.2, 0.25) is 0 Å². The van der Waals surface area contributed by atoms with E-state index in [1.165, 1.54) is 11.3 Å². The molecule has 0 bridgehead atoms. The fraction of sp³-hybridized carbons (Fsp3) is 0.478. The Labute approximate surface area is 192 Å². The number of carbonyl (C=O) groups excluding carboxylic acids is 3. The molecule has 1 aromatic carbocycles. The van der Waals surface area contributed by atoms with Gasteiger partial charge in [0, 0.05) is 30.1 Å². The molecular formula is C23H30N4O4S. The van der Waals surface area contributed by atoms with Crippen LogP contribution in [0.15, 0.2) is 35.7 Å². The highest BCUT2D eigenvalue weighted by Gasteiger charge is 2.28. The molecule has 1 saturated heterocycles. The standard InChI is InChI=1S/C23H30N4O4S/c1-23(2,3)31-22(30)24-14-18-11-7-8-12-27(18)19(28)13-17-15-32-21(25-17)26-20(29)16-9-5-4-6-10-16/h4-6,9-10,15,18H,7-8,11-14H2,1-3H3,(H,24,30)(H,25,26,29). The van der Waals surface area contributed by atoms with E-state index in [-0.39, 0.29) is 24.3 Å². The lowest BCUT2D eigenvalue weighted by atomic mass is 10.0. The van der Waals surface area contributed by atoms with Gasteiger partial charge in [-0.3, -0.25) is 14.9 Å². The summed E-state index contributed by atoms with van der Waals surface area (Å²) in [5.74, 6) is -0.269. The van der Waals surface area contributed by atoms with Gasteiger partial charge < -0.3 is 15.0 Å². The number of anilines is 1. The van der Waals surface area contributed by atoms with Gasteiger partial charge in [-0.1, -0.05) is 18.2 Å². The molecule has 8 nitrogen and oxygen atoms in total. The van der Waals surface area contributed by atoms with Crippen molar-refractivity contribution in [3.8, 4) is 0 Å². The zero-order valence-electron chi connectivity index (χ0n) is 18.7. The average molecular weight is 459 g/mol. The van der Waals surface area contributed by atoms with Crippen LogP contribution in [0.25, 0.3) is 0 Å². The van der Waals surface area contributed by atoms with E-state index in [0.29, 0.717) is 29.5 Å². The first-order chi connectivity index (χ1) is 15.2. The topological polar surface area (TPSA) is 101 Å². The van der Waals surface area contributed by atoms with E-state index in [0.717, 1.165) is 19.3 Å². The number of piperidine rings is 1. The number of ether oxygens (including phenoxy) is 1. The second-order valence-electron chi connectivity index (χ2n) is 8.76. The van der Waals surface area contributed by atoms with Gasteiger partial charge in [0.05, 0.1) is 12.1 Å². The molecule has 32 heavy (non-hydrogen) atoms. The highest BCUT2D eigenvalue weighted by atomic mass is 32.1. The van der Waals surface area contributed by atoms with Gasteiger partial charge in [0.2, 0.25) is 5.91 Å². The van der Waals surface area contributed by atoms with Crippen LogP contribution in [-0.4, -0.2) is 52.5 Å². The summed E-state index contributed by atoms with van der Waals surface area (Å²) in [4.78, 5) is 43.5. The molecule has 1 aliphatic heterocycles. The highest BCUT2D eigenvalue weighted by molar-refractivity contribution is 7.14. The van der Waals surface area contributed by atoms with Crippen LogP contribution in [0, 0.1) is 0 Å². The predicted molar refractivity (Wildman–Crippen MR) is 124 cm³/mol. The molecule has 0 spiro atoms. The number of benzene rings is 1. The third-order valence-corrected chi connectivity index (χ3v) is 5.78. The second-order valence-corrected chi connectivity index (χ2v) is 9.62. The van der Waals surface area contributed by atoms with E-state index in [1.807, 2.05) is 31.7 Å². The van der Waals surface area contributed by atoms with Crippen LogP contribution in [-0.2, 0) is 16.0 Å². The van der Waals surface area contributed by atoms with E-state index in [4.69, 9.17) is 4.74 Å². The van der Waals surface area contributed by atoms with Crippen molar-refractivity contribution in [3.05, 3.63) is 47.0 Å². The number of hydrogen-bond donors (Lipinski definition) is 2. The predicted octanol–water partition coefficient (Wildman–Crippen LogP) is 3.84. The monoisotopic (exact) mass is 458 g/mol. The third-order valence-electron chi connectivity index (χ3n) is 4.97. The smallest absolute Gasteiger partial charge is 0.407 e. The molecule has 2 aromatic rings. The second kappa shape index (κ2) is 10.6. The lowest BCUT2D eigenvalue weighted by Crippen LogP contribution is -2.50. The molecule has 0 saturated carbocycles. The first kappa shape index (κ1) is 23.7. The van der Waals surface area contributed by atoms with Crippen LogP contribution < -0.4 is 10.6 Å². The Balaban J connectivity index is 1.54. The quantitative estimate of drug-likeness (QED) is 0.685. The van der Waals surface area contributed by atoms with Gasteiger partial charge in [0.1, 0.15) is 5.60 Å². The molecule has 1 atom stereocenters. The molecule has 3 rings (SSSR count). The van der Waals surface area contributed by atoms with Gasteiger partial charge in [0.15, 0.2) is 5.13 Å². The molecule has 172 valence electrons. The van der Waals surface area contributed by atoms with Crippen LogP contribution in [0.5, 0.6) is 0 Å². The number of alkyl carbamates (subject to hydrolysis) is 1. The number of aromatic nitrogens is 1. The van der Waals surface area contributed by atoms with Gasteiger partial charge in [-0.05, 0) is 52.2 Å². The van der Waals surface area contributed by atoms with Gasteiger partial charge in [-0.25, -0.2) is 9.78 Å². The molecular weight excluding hydrogens is 428 g/mol. The fourth-order valence-corrected chi connectivity index (χ4v) is 4.22. The Morgan fingerprint density at radius 3 is 2.66 bits per heavy atom. The van der Waals surface area contributed by atoms with Gasteiger partial charge in [-0.2, -0.15) is 0 Å². The summed E-state index contributed by atoms with van der Waals surface area (Å²) >= 11 is 1.29. The molecule has 0 aliphatic carbocycles. The molecule has 1 unspecified atom stereocenters. The molecule has 0 radical (unpaired) electrons. The summed E-state index contributed by atoms with van der Waals surface area (Å²) in [5.41, 5.74) is 0.603. The summed E-state index contributed by atoms with van der Waals surface area (Å²) in [5, 5.41) is 7.81. The minimum absolute atomic E-state index is 0.0353. The van der Waals surface area contributed by atoms with Crippen LogP contribution in [0.3, 0.4) is 0 Å². The summed E-state index contributed by atoms with van der Waals surface area (Å²) < 4.78 is 5.29. The fourth-order valence-electron chi connectivity index (χ4n) is 3.52. The van der Waals surface area contributed by atoms with Crippen molar-refractivity contribution < 1.29 is 19.1 Å². The molecule has 3 amide bonds. The van der Waals surface area contributed by atoms with Crippen molar-refractivity contribution in [3.63, 3.8) is 0 Å². The van der Waals surface area contributed by atoms with Gasteiger partial charge in [0.25, 0.3) is 5.91 Å². The number of likely N-dealkylation sites (tertiary alicyclic amines) is 1. The van der Waals surface area contributed by atoms with E-state index in [1.54, 1.807) is 29.6 Å². The first-order valence-corrected chi connectivity index (χ1v) is 11.7. The van der Waals surface area contributed by atoms with Crippen molar-refractivity contribution in [2.75, 3.05) is 18.4 Å². The Morgan fingerprint density at radius 2 is 1.94 bits per heavy atom. The number of nitrogens with one attached hydrogen (secondary N) is 2. The van der Waals surface area contributed by atoms with Gasteiger partial charge in [-0.15, -0.1) is 11.3 Å². The van der Waals surface area contributed by atoms with Gasteiger partial charge >= 0.3 is 6.09 Å². The SMILES string of the molecule is CC(C)(C)OC(=O)NCC1CCCCN1C(=O)Cc1csc(NC(=O)c2ccccc2)n1. The van der Waals surface area contributed by atoms with Crippen molar-refractivity contribution in [2.24, 2.45) is 0 Å². The molecule has 1 fully saturated rings. The summed E-state index contributed by atoms with van der Waals surface area (Å²) in [7, 11) is 0. The minimum Gasteiger partial charge on any atom is -0.444 e. The Morgan fingerprint density at radius 1 is 1.19 bits per heavy atom. The molecule has 9 heteroatoms.